The molecule has 4 amide bonds. The molecule has 2 aromatic rings. The number of fused-ring (bicyclic) bond motifs is 1. The lowest BCUT2D eigenvalue weighted by molar-refractivity contribution is 0.0411. The first kappa shape index (κ1) is 40.4. The Morgan fingerprint density at radius 1 is 0.750 bits per heavy atom. The van der Waals surface area contributed by atoms with Crippen molar-refractivity contribution in [2.45, 2.75) is 125 Å². The van der Waals surface area contributed by atoms with Gasteiger partial charge in [-0.15, -0.1) is 4.90 Å². The van der Waals surface area contributed by atoms with E-state index in [-0.39, 0.29) is 30.3 Å². The largest absolute Gasteiger partial charge is 0.443 e. The van der Waals surface area contributed by atoms with Crippen LogP contribution in [0.4, 0.5) is 30.9 Å². The highest BCUT2D eigenvalue weighted by Gasteiger charge is 2.40. The third kappa shape index (κ3) is 12.7. The Labute approximate surface area is 281 Å². The van der Waals surface area contributed by atoms with Gasteiger partial charge in [0.15, 0.2) is 17.0 Å². The first-order valence-corrected chi connectivity index (χ1v) is 18.2. The summed E-state index contributed by atoms with van der Waals surface area (Å²) in [5.74, 6) is -1.09. The van der Waals surface area contributed by atoms with Crippen molar-refractivity contribution in [1.29, 1.82) is 0 Å². The van der Waals surface area contributed by atoms with Crippen molar-refractivity contribution < 1.29 is 47.8 Å². The van der Waals surface area contributed by atoms with Crippen molar-refractivity contribution in [3.8, 4) is 0 Å². The van der Waals surface area contributed by atoms with Gasteiger partial charge >= 0.3 is 24.4 Å². The van der Waals surface area contributed by atoms with Crippen LogP contribution in [0.2, 0.25) is 0 Å². The summed E-state index contributed by atoms with van der Waals surface area (Å²) in [6, 6.07) is 0. The molecule has 0 aliphatic carbocycles. The summed E-state index contributed by atoms with van der Waals surface area (Å²) in [5, 5.41) is 10.6. The van der Waals surface area contributed by atoms with E-state index in [4.69, 9.17) is 18.9 Å². The molecule has 1 N–H and O–H groups in total. The van der Waals surface area contributed by atoms with Gasteiger partial charge in [-0.3, -0.25) is 0 Å². The third-order valence-corrected chi connectivity index (χ3v) is 6.80. The average Bonchev–Trinajstić information content (AvgIpc) is 3.20. The molecule has 48 heavy (non-hydrogen) atoms. The van der Waals surface area contributed by atoms with Crippen LogP contribution in [0.5, 0.6) is 0 Å². The molecule has 0 bridgehead atoms. The lowest BCUT2D eigenvalue weighted by Crippen LogP contribution is -2.46. The lowest BCUT2D eigenvalue weighted by Gasteiger charge is -2.29. The standard InChI is InChI=1S/C31H51N6O10P/c1-28(2,3)44-24(39)36(25(40)45-29(4,5)6)22-20-21(35(18-32-20)16-15-19(38)17-48(13,14)43)33-23(34-22)37(26(41)46-30(7,8)9)27(42)47-31(10,11)12/h18-19,38H,15-17H2,1-14H3/t19-/m0/s1. The van der Waals surface area contributed by atoms with Gasteiger partial charge < -0.3 is 33.2 Å². The zero-order valence-corrected chi connectivity index (χ0v) is 31.4. The molecule has 0 aliphatic rings. The summed E-state index contributed by atoms with van der Waals surface area (Å²) >= 11 is 0. The minimum absolute atomic E-state index is 0.0346. The number of hydrogen-bond acceptors (Lipinski definition) is 13. The van der Waals surface area contributed by atoms with E-state index in [0.29, 0.717) is 9.80 Å². The second kappa shape index (κ2) is 14.4. The van der Waals surface area contributed by atoms with Gasteiger partial charge in [0.2, 0.25) is 5.95 Å². The molecule has 0 spiro atoms. The van der Waals surface area contributed by atoms with Gasteiger partial charge in [0.05, 0.1) is 19.6 Å². The van der Waals surface area contributed by atoms with Crippen LogP contribution in [-0.2, 0) is 30.1 Å². The second-order valence-corrected chi connectivity index (χ2v) is 19.3. The number of ether oxygens (including phenoxy) is 4. The highest BCUT2D eigenvalue weighted by molar-refractivity contribution is 7.62. The molecular formula is C31H51N6O10P. The van der Waals surface area contributed by atoms with E-state index in [1.807, 2.05) is 0 Å². The van der Waals surface area contributed by atoms with Crippen molar-refractivity contribution in [3.63, 3.8) is 0 Å². The minimum atomic E-state index is -2.55. The Balaban J connectivity index is 2.96. The highest BCUT2D eigenvalue weighted by atomic mass is 31.2. The van der Waals surface area contributed by atoms with E-state index in [2.05, 4.69) is 15.0 Å². The van der Waals surface area contributed by atoms with Crippen molar-refractivity contribution in [2.24, 2.45) is 0 Å². The molecule has 2 aromatic heterocycles. The van der Waals surface area contributed by atoms with Crippen LogP contribution in [0.3, 0.4) is 0 Å². The molecule has 16 nitrogen and oxygen atoms in total. The van der Waals surface area contributed by atoms with E-state index in [1.54, 1.807) is 96.4 Å². The summed E-state index contributed by atoms with van der Waals surface area (Å²) in [6.07, 6.45) is -4.20. The lowest BCUT2D eigenvalue weighted by atomic mass is 10.2. The Morgan fingerprint density at radius 2 is 1.15 bits per heavy atom. The summed E-state index contributed by atoms with van der Waals surface area (Å²) < 4.78 is 35.8. The summed E-state index contributed by atoms with van der Waals surface area (Å²) in [4.78, 5) is 68.5. The number of imidazole rings is 1. The molecule has 2 heterocycles. The van der Waals surface area contributed by atoms with Gasteiger partial charge in [0, 0.05) is 12.7 Å². The molecular weight excluding hydrogens is 647 g/mol. The Hall–Kier alpha value is -3.78. The number of carbonyl (C=O) groups excluding carboxylic acids is 4. The summed E-state index contributed by atoms with van der Waals surface area (Å²) in [5.41, 5.74) is -4.42. The molecule has 0 aliphatic heterocycles. The Bertz CT molecular complexity index is 1500. The number of rotatable bonds is 7. The number of aliphatic hydroxyl groups excluding tert-OH is 1. The van der Waals surface area contributed by atoms with E-state index < -0.39 is 71.8 Å². The number of carbonyl (C=O) groups is 4. The van der Waals surface area contributed by atoms with Crippen molar-refractivity contribution in [1.82, 2.24) is 19.5 Å². The number of imide groups is 2. The highest BCUT2D eigenvalue weighted by Crippen LogP contribution is 2.37. The molecule has 2 rings (SSSR count). The minimum Gasteiger partial charge on any atom is -0.443 e. The Morgan fingerprint density at radius 3 is 1.52 bits per heavy atom. The molecule has 0 saturated heterocycles. The molecule has 0 radical (unpaired) electrons. The Kier molecular flexibility index (Phi) is 12.1. The zero-order valence-electron chi connectivity index (χ0n) is 30.5. The van der Waals surface area contributed by atoms with Crippen LogP contribution >= 0.6 is 7.14 Å². The van der Waals surface area contributed by atoms with Gasteiger partial charge in [0.25, 0.3) is 0 Å². The van der Waals surface area contributed by atoms with Crippen molar-refractivity contribution in [3.05, 3.63) is 6.33 Å². The first-order chi connectivity index (χ1) is 21.5. The fourth-order valence-electron chi connectivity index (χ4n) is 3.94. The number of aliphatic hydroxyl groups is 1. The van der Waals surface area contributed by atoms with Crippen LogP contribution in [-0.4, -0.2) is 97.0 Å². The first-order valence-electron chi connectivity index (χ1n) is 15.4. The maximum absolute atomic E-state index is 13.7. The van der Waals surface area contributed by atoms with E-state index in [0.717, 1.165) is 0 Å². The smallest absolute Gasteiger partial charge is 0.427 e. The molecule has 0 saturated carbocycles. The molecule has 0 fully saturated rings. The average molecular weight is 699 g/mol. The van der Waals surface area contributed by atoms with E-state index in [1.165, 1.54) is 10.9 Å². The van der Waals surface area contributed by atoms with Crippen LogP contribution in [0.15, 0.2) is 6.33 Å². The number of hydrogen-bond donors (Lipinski definition) is 1. The van der Waals surface area contributed by atoms with E-state index in [9.17, 15) is 28.8 Å². The van der Waals surface area contributed by atoms with Gasteiger partial charge in [-0.05, 0) is 103 Å². The van der Waals surface area contributed by atoms with Crippen molar-refractivity contribution in [2.75, 3.05) is 29.3 Å². The number of aromatic nitrogens is 4. The molecule has 270 valence electrons. The van der Waals surface area contributed by atoms with Crippen molar-refractivity contribution >= 4 is 54.4 Å². The van der Waals surface area contributed by atoms with Gasteiger partial charge in [-0.25, -0.2) is 24.2 Å². The predicted molar refractivity (Wildman–Crippen MR) is 180 cm³/mol. The number of nitrogens with zero attached hydrogens (tertiary/aromatic N) is 6. The fraction of sp³-hybridized carbons (Fsp3) is 0.710. The predicted octanol–water partition coefficient (Wildman–Crippen LogP) is 6.55. The number of anilines is 2. The number of aryl methyl sites for hydroxylation is 1. The molecule has 1 atom stereocenters. The monoisotopic (exact) mass is 698 g/mol. The third-order valence-electron chi connectivity index (χ3n) is 5.50. The topological polar surface area (TPSA) is 193 Å². The quantitative estimate of drug-likeness (QED) is 0.242. The summed E-state index contributed by atoms with van der Waals surface area (Å²) in [7, 11) is -2.55. The maximum Gasteiger partial charge on any atom is 0.427 e. The second-order valence-electron chi connectivity index (χ2n) is 15.7. The SMILES string of the molecule is CC(C)(C)OC(=O)N(C(=O)OC(C)(C)C)c1nc(N(C(=O)OC(C)(C)C)C(=O)OC(C)(C)C)c2ncn(CC[C@H](O)CP(C)(C)=O)c2n1. The van der Waals surface area contributed by atoms with Gasteiger partial charge in [-0.2, -0.15) is 14.9 Å². The molecule has 0 aromatic carbocycles. The summed E-state index contributed by atoms with van der Waals surface area (Å²) in [6.45, 7) is 22.3. The van der Waals surface area contributed by atoms with Crippen LogP contribution < -0.4 is 9.80 Å². The molecule has 0 unspecified atom stereocenters. The van der Waals surface area contributed by atoms with Crippen LogP contribution in [0, 0.1) is 0 Å². The zero-order chi connectivity index (χ0) is 37.2. The maximum atomic E-state index is 13.7. The fourth-order valence-corrected chi connectivity index (χ4v) is 5.14. The van der Waals surface area contributed by atoms with Crippen LogP contribution in [0.1, 0.15) is 89.5 Å². The molecule has 17 heteroatoms. The number of amides is 4. The van der Waals surface area contributed by atoms with Gasteiger partial charge in [-0.1, -0.05) is 0 Å². The van der Waals surface area contributed by atoms with E-state index >= 15 is 0 Å². The normalized spacial score (nSPS) is 13.5. The van der Waals surface area contributed by atoms with Gasteiger partial charge in [0.1, 0.15) is 22.4 Å². The van der Waals surface area contributed by atoms with Crippen LogP contribution in [0.25, 0.3) is 11.2 Å².